The first kappa shape index (κ1) is 15.5. The van der Waals surface area contributed by atoms with Crippen LogP contribution in [0.4, 0.5) is 4.79 Å². The lowest BCUT2D eigenvalue weighted by molar-refractivity contribution is -0.143. The van der Waals surface area contributed by atoms with Crippen LogP contribution in [0.15, 0.2) is 12.2 Å². The molecule has 2 N–H and O–H groups in total. The van der Waals surface area contributed by atoms with Gasteiger partial charge in [0.25, 0.3) is 0 Å². The highest BCUT2D eigenvalue weighted by Gasteiger charge is 2.30. The SMILES string of the molecule is CC(C)(C)OC(=O)N[C@H]1CCC=CCC[C@@H]1C(=O)O. The third kappa shape index (κ3) is 5.77. The molecule has 1 amide bonds. The van der Waals surface area contributed by atoms with Crippen LogP contribution in [0.25, 0.3) is 0 Å². The zero-order valence-corrected chi connectivity index (χ0v) is 11.8. The standard InChI is InChI=1S/C14H23NO4/c1-14(2,3)19-13(18)15-11-9-7-5-4-6-8-10(11)12(16)17/h4-5,10-11H,6-9H2,1-3H3,(H,15,18)(H,16,17)/t10-,11-/m0/s1. The van der Waals surface area contributed by atoms with E-state index in [1.54, 1.807) is 20.8 Å². The lowest BCUT2D eigenvalue weighted by Crippen LogP contribution is -2.45. The number of carboxylic acids is 1. The Hall–Kier alpha value is -1.52. The monoisotopic (exact) mass is 269 g/mol. The summed E-state index contributed by atoms with van der Waals surface area (Å²) in [5, 5.41) is 12.0. The number of nitrogens with one attached hydrogen (secondary N) is 1. The summed E-state index contributed by atoms with van der Waals surface area (Å²) < 4.78 is 5.18. The van der Waals surface area contributed by atoms with Crippen LogP contribution in [-0.4, -0.2) is 28.8 Å². The van der Waals surface area contributed by atoms with Crippen molar-refractivity contribution >= 4 is 12.1 Å². The maximum absolute atomic E-state index is 11.7. The van der Waals surface area contributed by atoms with E-state index in [-0.39, 0.29) is 6.04 Å². The molecule has 0 aromatic carbocycles. The Balaban J connectivity index is 2.67. The molecule has 0 heterocycles. The van der Waals surface area contributed by atoms with Crippen molar-refractivity contribution in [1.29, 1.82) is 0 Å². The molecule has 1 rings (SSSR count). The summed E-state index contributed by atoms with van der Waals surface area (Å²) in [6.07, 6.45) is 6.13. The Bertz CT molecular complexity index is 357. The molecule has 0 aromatic rings. The molecule has 0 spiro atoms. The number of amides is 1. The summed E-state index contributed by atoms with van der Waals surface area (Å²) in [4.78, 5) is 23.0. The fourth-order valence-electron chi connectivity index (χ4n) is 2.12. The number of rotatable bonds is 2. The molecule has 108 valence electrons. The normalized spacial score (nSPS) is 24.2. The summed E-state index contributed by atoms with van der Waals surface area (Å²) in [6, 6.07) is -0.378. The van der Waals surface area contributed by atoms with Crippen LogP contribution in [0.2, 0.25) is 0 Å². The summed E-state index contributed by atoms with van der Waals surface area (Å²) in [5.41, 5.74) is -0.579. The summed E-state index contributed by atoms with van der Waals surface area (Å²) in [7, 11) is 0. The molecule has 1 aliphatic carbocycles. The maximum atomic E-state index is 11.7. The molecule has 0 saturated carbocycles. The second-order valence-electron chi connectivity index (χ2n) is 5.82. The van der Waals surface area contributed by atoms with Crippen molar-refractivity contribution in [2.24, 2.45) is 5.92 Å². The van der Waals surface area contributed by atoms with Gasteiger partial charge >= 0.3 is 12.1 Å². The Labute approximate surface area is 114 Å². The zero-order chi connectivity index (χ0) is 14.5. The number of carboxylic acid groups (broad SMARTS) is 1. The highest BCUT2D eigenvalue weighted by molar-refractivity contribution is 5.73. The van der Waals surface area contributed by atoms with Crippen molar-refractivity contribution in [1.82, 2.24) is 5.32 Å². The molecule has 0 saturated heterocycles. The lowest BCUT2D eigenvalue weighted by atomic mass is 9.89. The number of carbonyl (C=O) groups is 2. The Morgan fingerprint density at radius 3 is 2.32 bits per heavy atom. The molecule has 0 bridgehead atoms. The minimum atomic E-state index is -0.864. The summed E-state index contributed by atoms with van der Waals surface area (Å²) >= 11 is 0. The average Bonchev–Trinajstić information content (AvgIpc) is 2.18. The van der Waals surface area contributed by atoms with E-state index in [1.807, 2.05) is 12.2 Å². The zero-order valence-electron chi connectivity index (χ0n) is 11.8. The molecular weight excluding hydrogens is 246 g/mol. The first-order valence-corrected chi connectivity index (χ1v) is 6.67. The third-order valence-corrected chi connectivity index (χ3v) is 2.96. The van der Waals surface area contributed by atoms with Gasteiger partial charge in [0, 0.05) is 6.04 Å². The fraction of sp³-hybridized carbons (Fsp3) is 0.714. The van der Waals surface area contributed by atoms with Gasteiger partial charge in [0.1, 0.15) is 5.60 Å². The van der Waals surface area contributed by atoms with Gasteiger partial charge in [-0.3, -0.25) is 4.79 Å². The average molecular weight is 269 g/mol. The van der Waals surface area contributed by atoms with Crippen LogP contribution in [0.5, 0.6) is 0 Å². The number of alkyl carbamates (subject to hydrolysis) is 1. The number of carbonyl (C=O) groups excluding carboxylic acids is 1. The molecule has 19 heavy (non-hydrogen) atoms. The van der Waals surface area contributed by atoms with E-state index in [1.165, 1.54) is 0 Å². The number of hydrogen-bond donors (Lipinski definition) is 2. The molecule has 0 radical (unpaired) electrons. The van der Waals surface area contributed by atoms with Crippen molar-refractivity contribution in [3.8, 4) is 0 Å². The molecule has 5 heteroatoms. The fourth-order valence-corrected chi connectivity index (χ4v) is 2.12. The minimum Gasteiger partial charge on any atom is -0.481 e. The van der Waals surface area contributed by atoms with Gasteiger partial charge in [0.05, 0.1) is 5.92 Å². The van der Waals surface area contributed by atoms with E-state index in [9.17, 15) is 14.7 Å². The van der Waals surface area contributed by atoms with Crippen molar-refractivity contribution in [3.63, 3.8) is 0 Å². The van der Waals surface area contributed by atoms with Crippen molar-refractivity contribution in [3.05, 3.63) is 12.2 Å². The van der Waals surface area contributed by atoms with Gasteiger partial charge in [-0.25, -0.2) is 4.79 Å². The van der Waals surface area contributed by atoms with Crippen molar-refractivity contribution < 1.29 is 19.4 Å². The van der Waals surface area contributed by atoms with Crippen LogP contribution >= 0.6 is 0 Å². The molecule has 0 unspecified atom stereocenters. The second kappa shape index (κ2) is 6.59. The number of ether oxygens (including phenoxy) is 1. The van der Waals surface area contributed by atoms with Gasteiger partial charge in [-0.05, 0) is 46.5 Å². The number of aliphatic carboxylic acids is 1. The van der Waals surface area contributed by atoms with Crippen LogP contribution in [0, 0.1) is 5.92 Å². The third-order valence-electron chi connectivity index (χ3n) is 2.96. The van der Waals surface area contributed by atoms with E-state index in [0.29, 0.717) is 12.8 Å². The quantitative estimate of drug-likeness (QED) is 0.756. The predicted molar refractivity (Wildman–Crippen MR) is 71.9 cm³/mol. The molecule has 1 aliphatic rings. The second-order valence-corrected chi connectivity index (χ2v) is 5.82. The van der Waals surface area contributed by atoms with Gasteiger partial charge in [0.2, 0.25) is 0 Å². The van der Waals surface area contributed by atoms with Gasteiger partial charge in [0.15, 0.2) is 0 Å². The Morgan fingerprint density at radius 2 is 1.79 bits per heavy atom. The van der Waals surface area contributed by atoms with Gasteiger partial charge in [-0.2, -0.15) is 0 Å². The smallest absolute Gasteiger partial charge is 0.407 e. The topological polar surface area (TPSA) is 75.6 Å². The lowest BCUT2D eigenvalue weighted by Gasteiger charge is -2.27. The van der Waals surface area contributed by atoms with Gasteiger partial charge in [-0.15, -0.1) is 0 Å². The Morgan fingerprint density at radius 1 is 1.21 bits per heavy atom. The highest BCUT2D eigenvalue weighted by Crippen LogP contribution is 2.20. The molecule has 5 nitrogen and oxygen atoms in total. The Kier molecular flexibility index (Phi) is 5.39. The first-order chi connectivity index (χ1) is 8.79. The summed E-state index contributed by atoms with van der Waals surface area (Å²) in [5.74, 6) is -1.42. The minimum absolute atomic E-state index is 0.378. The van der Waals surface area contributed by atoms with Crippen LogP contribution < -0.4 is 5.32 Å². The molecular formula is C14H23NO4. The van der Waals surface area contributed by atoms with E-state index >= 15 is 0 Å². The number of allylic oxidation sites excluding steroid dienone is 2. The largest absolute Gasteiger partial charge is 0.481 e. The van der Waals surface area contributed by atoms with Gasteiger partial charge < -0.3 is 15.2 Å². The molecule has 0 aromatic heterocycles. The van der Waals surface area contributed by atoms with Crippen LogP contribution in [0.1, 0.15) is 46.5 Å². The molecule has 0 fully saturated rings. The highest BCUT2D eigenvalue weighted by atomic mass is 16.6. The van der Waals surface area contributed by atoms with E-state index in [4.69, 9.17) is 4.74 Å². The van der Waals surface area contributed by atoms with E-state index in [0.717, 1.165) is 12.8 Å². The van der Waals surface area contributed by atoms with Crippen molar-refractivity contribution in [2.75, 3.05) is 0 Å². The van der Waals surface area contributed by atoms with E-state index < -0.39 is 23.6 Å². The summed E-state index contributed by atoms with van der Waals surface area (Å²) in [6.45, 7) is 5.34. The van der Waals surface area contributed by atoms with Crippen molar-refractivity contribution in [2.45, 2.75) is 58.1 Å². The predicted octanol–water partition coefficient (Wildman–Crippen LogP) is 2.71. The maximum Gasteiger partial charge on any atom is 0.407 e. The molecule has 0 aliphatic heterocycles. The molecule has 2 atom stereocenters. The first-order valence-electron chi connectivity index (χ1n) is 6.67. The van der Waals surface area contributed by atoms with Gasteiger partial charge in [-0.1, -0.05) is 12.2 Å². The number of hydrogen-bond acceptors (Lipinski definition) is 3. The van der Waals surface area contributed by atoms with E-state index in [2.05, 4.69) is 5.32 Å². The van der Waals surface area contributed by atoms with Crippen LogP contribution in [0.3, 0.4) is 0 Å². The van der Waals surface area contributed by atoms with Crippen LogP contribution in [-0.2, 0) is 9.53 Å².